The first-order valence-corrected chi connectivity index (χ1v) is 11.4. The van der Waals surface area contributed by atoms with Crippen LogP contribution < -0.4 is 0 Å². The number of unbranched alkanes of at least 4 members (excludes halogenated alkanes) is 12. The molecule has 152 valence electrons. The van der Waals surface area contributed by atoms with E-state index in [0.29, 0.717) is 0 Å². The summed E-state index contributed by atoms with van der Waals surface area (Å²) in [5.41, 5.74) is 0. The van der Waals surface area contributed by atoms with E-state index in [1.807, 2.05) is 0 Å². The molecule has 3 nitrogen and oxygen atoms in total. The molecule has 0 bridgehead atoms. The number of allylic oxidation sites excluding steroid dienone is 2. The first-order valence-electron chi connectivity index (χ1n) is 11.4. The van der Waals surface area contributed by atoms with Gasteiger partial charge in [-0.2, -0.15) is 0 Å². The quantitative estimate of drug-likeness (QED) is 0.235. The van der Waals surface area contributed by atoms with Crippen molar-refractivity contribution in [2.45, 2.75) is 103 Å². The Labute approximate surface area is 163 Å². The Hall–Kier alpha value is -0.830. The Morgan fingerprint density at radius 2 is 1.42 bits per heavy atom. The fourth-order valence-electron chi connectivity index (χ4n) is 3.64. The largest absolute Gasteiger partial charge is 0.395 e. The highest BCUT2D eigenvalue weighted by Crippen LogP contribution is 2.14. The van der Waals surface area contributed by atoms with Gasteiger partial charge in [0.1, 0.15) is 0 Å². The third kappa shape index (κ3) is 12.5. The molecule has 3 heteroatoms. The van der Waals surface area contributed by atoms with Crippen LogP contribution in [0.5, 0.6) is 0 Å². The summed E-state index contributed by atoms with van der Waals surface area (Å²) < 4.78 is 0. The predicted octanol–water partition coefficient (Wildman–Crippen LogP) is 6.12. The van der Waals surface area contributed by atoms with Crippen LogP contribution in [0.3, 0.4) is 0 Å². The minimum atomic E-state index is 0.245. The Balaban J connectivity index is 1.78. The number of aliphatic hydroxyl groups excluding tert-OH is 1. The molecule has 0 radical (unpaired) electrons. The predicted molar refractivity (Wildman–Crippen MR) is 115 cm³/mol. The second kappa shape index (κ2) is 17.6. The smallest absolute Gasteiger partial charge is 0.0991 e. The van der Waals surface area contributed by atoms with Crippen LogP contribution in [0.15, 0.2) is 17.1 Å². The summed E-state index contributed by atoms with van der Waals surface area (Å²) in [6, 6.07) is 0. The average molecular weight is 365 g/mol. The van der Waals surface area contributed by atoms with E-state index >= 15 is 0 Å². The Morgan fingerprint density at radius 3 is 2.04 bits per heavy atom. The number of aliphatic imine (C=N–C) groups is 1. The van der Waals surface area contributed by atoms with Crippen molar-refractivity contribution in [1.82, 2.24) is 4.90 Å². The van der Waals surface area contributed by atoms with Crippen molar-refractivity contribution in [2.75, 3.05) is 26.2 Å². The molecule has 0 saturated carbocycles. The maximum atomic E-state index is 9.06. The summed E-state index contributed by atoms with van der Waals surface area (Å²) in [6.45, 7) is 5.19. The van der Waals surface area contributed by atoms with Crippen LogP contribution in [-0.2, 0) is 0 Å². The average Bonchev–Trinajstić information content (AvgIpc) is 3.09. The second-order valence-corrected chi connectivity index (χ2v) is 7.70. The summed E-state index contributed by atoms with van der Waals surface area (Å²) in [7, 11) is 0. The summed E-state index contributed by atoms with van der Waals surface area (Å²) in [5.74, 6) is 1.24. The van der Waals surface area contributed by atoms with Crippen LogP contribution >= 0.6 is 0 Å². The van der Waals surface area contributed by atoms with E-state index in [0.717, 1.165) is 26.1 Å². The molecule has 0 aromatic carbocycles. The van der Waals surface area contributed by atoms with Gasteiger partial charge in [0.25, 0.3) is 0 Å². The molecule has 0 unspecified atom stereocenters. The number of nitrogens with zero attached hydrogens (tertiary/aromatic N) is 2. The third-order valence-electron chi connectivity index (χ3n) is 5.31. The van der Waals surface area contributed by atoms with E-state index < -0.39 is 0 Å². The van der Waals surface area contributed by atoms with E-state index in [2.05, 4.69) is 29.0 Å². The van der Waals surface area contributed by atoms with Gasteiger partial charge in [-0.25, -0.2) is 0 Å². The van der Waals surface area contributed by atoms with Gasteiger partial charge in [-0.15, -0.1) is 0 Å². The van der Waals surface area contributed by atoms with Gasteiger partial charge in [0.2, 0.25) is 0 Å². The van der Waals surface area contributed by atoms with Crippen molar-refractivity contribution in [3.63, 3.8) is 0 Å². The lowest BCUT2D eigenvalue weighted by Crippen LogP contribution is -2.30. The first kappa shape index (κ1) is 23.2. The maximum absolute atomic E-state index is 9.06. The Kier molecular flexibility index (Phi) is 15.7. The van der Waals surface area contributed by atoms with E-state index in [1.165, 1.54) is 95.7 Å². The van der Waals surface area contributed by atoms with Gasteiger partial charge in [-0.1, -0.05) is 83.3 Å². The van der Waals surface area contributed by atoms with Crippen molar-refractivity contribution < 1.29 is 5.11 Å². The summed E-state index contributed by atoms with van der Waals surface area (Å²) in [6.07, 6.45) is 24.9. The topological polar surface area (TPSA) is 35.8 Å². The zero-order valence-electron chi connectivity index (χ0n) is 17.4. The normalized spacial score (nSPS) is 14.5. The van der Waals surface area contributed by atoms with Crippen LogP contribution in [0.25, 0.3) is 0 Å². The van der Waals surface area contributed by atoms with E-state index in [4.69, 9.17) is 5.11 Å². The van der Waals surface area contributed by atoms with E-state index in [9.17, 15) is 0 Å². The van der Waals surface area contributed by atoms with Gasteiger partial charge in [0, 0.05) is 19.5 Å². The monoisotopic (exact) mass is 364 g/mol. The van der Waals surface area contributed by atoms with Gasteiger partial charge in [-0.3, -0.25) is 4.99 Å². The lowest BCUT2D eigenvalue weighted by Gasteiger charge is -2.18. The van der Waals surface area contributed by atoms with Crippen molar-refractivity contribution in [3.8, 4) is 0 Å². The molecule has 0 amide bonds. The van der Waals surface area contributed by atoms with Gasteiger partial charge in [0.05, 0.1) is 19.0 Å². The molecular weight excluding hydrogens is 320 g/mol. The van der Waals surface area contributed by atoms with Crippen molar-refractivity contribution >= 4 is 5.84 Å². The number of β-amino-alcohol motifs (C(OH)–C–C–N with tert-alkyl or cyclic N) is 1. The number of amidine groups is 1. The first-order chi connectivity index (χ1) is 12.9. The van der Waals surface area contributed by atoms with Crippen LogP contribution in [-0.4, -0.2) is 42.1 Å². The molecule has 1 heterocycles. The Morgan fingerprint density at radius 1 is 0.846 bits per heavy atom. The highest BCUT2D eigenvalue weighted by atomic mass is 16.3. The highest BCUT2D eigenvalue weighted by molar-refractivity contribution is 5.83. The molecule has 0 atom stereocenters. The van der Waals surface area contributed by atoms with Gasteiger partial charge >= 0.3 is 0 Å². The molecule has 0 aliphatic carbocycles. The number of aliphatic hydroxyl groups is 1. The molecular formula is C23H44N2O. The SMILES string of the molecule is CCCC/C=C/CCCCCCCCCCCCC1=NCCN1CCO. The molecule has 26 heavy (non-hydrogen) atoms. The van der Waals surface area contributed by atoms with Gasteiger partial charge < -0.3 is 10.0 Å². The molecule has 0 aromatic rings. The summed E-state index contributed by atoms with van der Waals surface area (Å²) in [5, 5.41) is 9.06. The Bertz CT molecular complexity index is 365. The van der Waals surface area contributed by atoms with E-state index in [-0.39, 0.29) is 6.61 Å². The minimum Gasteiger partial charge on any atom is -0.395 e. The van der Waals surface area contributed by atoms with Crippen LogP contribution in [0.2, 0.25) is 0 Å². The van der Waals surface area contributed by atoms with Crippen molar-refractivity contribution in [2.24, 2.45) is 4.99 Å². The van der Waals surface area contributed by atoms with Crippen LogP contribution in [0.4, 0.5) is 0 Å². The molecule has 0 saturated heterocycles. The molecule has 0 fully saturated rings. The van der Waals surface area contributed by atoms with Gasteiger partial charge in [0.15, 0.2) is 0 Å². The zero-order valence-corrected chi connectivity index (χ0v) is 17.4. The lowest BCUT2D eigenvalue weighted by molar-refractivity contribution is 0.255. The van der Waals surface area contributed by atoms with Crippen LogP contribution in [0, 0.1) is 0 Å². The zero-order chi connectivity index (χ0) is 18.7. The molecule has 1 rings (SSSR count). The highest BCUT2D eigenvalue weighted by Gasteiger charge is 2.14. The van der Waals surface area contributed by atoms with Crippen molar-refractivity contribution in [1.29, 1.82) is 0 Å². The molecule has 1 aliphatic rings. The fraction of sp³-hybridized carbons (Fsp3) is 0.870. The second-order valence-electron chi connectivity index (χ2n) is 7.70. The summed E-state index contributed by atoms with van der Waals surface area (Å²) >= 11 is 0. The molecule has 1 aliphatic heterocycles. The minimum absolute atomic E-state index is 0.245. The lowest BCUT2D eigenvalue weighted by atomic mass is 10.0. The maximum Gasteiger partial charge on any atom is 0.0991 e. The van der Waals surface area contributed by atoms with Gasteiger partial charge in [-0.05, 0) is 25.7 Å². The summed E-state index contributed by atoms with van der Waals surface area (Å²) in [4.78, 5) is 6.82. The number of rotatable bonds is 18. The standard InChI is InChI=1S/C23H44N2O/c1-2-3-4-5-6-7-8-9-10-11-12-13-14-15-16-17-18-23-24-19-20-25(23)21-22-26/h5-6,26H,2-4,7-22H2,1H3/b6-5+. The van der Waals surface area contributed by atoms with Crippen molar-refractivity contribution in [3.05, 3.63) is 12.2 Å². The number of hydrogen-bond acceptors (Lipinski definition) is 3. The van der Waals surface area contributed by atoms with E-state index in [1.54, 1.807) is 0 Å². The third-order valence-corrected chi connectivity index (χ3v) is 5.31. The van der Waals surface area contributed by atoms with Crippen LogP contribution in [0.1, 0.15) is 103 Å². The molecule has 0 aromatic heterocycles. The molecule has 1 N–H and O–H groups in total. The molecule has 0 spiro atoms. The fourth-order valence-corrected chi connectivity index (χ4v) is 3.64. The number of hydrogen-bond donors (Lipinski definition) is 1.